The Morgan fingerprint density at radius 2 is 2.24 bits per heavy atom. The second-order valence-electron chi connectivity index (χ2n) is 5.35. The van der Waals surface area contributed by atoms with Crippen LogP contribution in [0.15, 0.2) is 24.3 Å². The summed E-state index contributed by atoms with van der Waals surface area (Å²) in [4.78, 5) is 14.1. The van der Waals surface area contributed by atoms with E-state index in [1.807, 2.05) is 36.1 Å². The lowest BCUT2D eigenvalue weighted by atomic mass is 10.1. The Morgan fingerprint density at radius 3 is 2.95 bits per heavy atom. The molecular weight excluding hydrogens is 270 g/mol. The highest BCUT2D eigenvalue weighted by molar-refractivity contribution is 5.93. The van der Waals surface area contributed by atoms with Gasteiger partial charge in [-0.15, -0.1) is 0 Å². The van der Waals surface area contributed by atoms with Gasteiger partial charge in [0.2, 0.25) is 5.91 Å². The van der Waals surface area contributed by atoms with Crippen LogP contribution < -0.4 is 11.1 Å². The Bertz CT molecular complexity index is 481. The third-order valence-electron chi connectivity index (χ3n) is 3.48. The first-order valence-electron chi connectivity index (χ1n) is 7.19. The van der Waals surface area contributed by atoms with E-state index in [4.69, 9.17) is 10.5 Å². The summed E-state index contributed by atoms with van der Waals surface area (Å²) in [6.07, 6.45) is -0.210. The molecule has 21 heavy (non-hydrogen) atoms. The van der Waals surface area contributed by atoms with Crippen LogP contribution in [0.3, 0.4) is 0 Å². The summed E-state index contributed by atoms with van der Waals surface area (Å²) >= 11 is 0. The molecule has 0 radical (unpaired) electrons. The van der Waals surface area contributed by atoms with E-state index in [2.05, 4.69) is 5.32 Å². The monoisotopic (exact) mass is 293 g/mol. The van der Waals surface area contributed by atoms with Gasteiger partial charge in [-0.1, -0.05) is 18.2 Å². The van der Waals surface area contributed by atoms with Crippen molar-refractivity contribution < 1.29 is 14.6 Å². The van der Waals surface area contributed by atoms with Crippen molar-refractivity contribution in [2.24, 2.45) is 5.73 Å². The fourth-order valence-electron chi connectivity index (χ4n) is 2.58. The molecule has 4 N–H and O–H groups in total. The molecule has 1 aromatic carbocycles. The number of aliphatic hydroxyl groups is 1. The number of rotatable bonds is 5. The van der Waals surface area contributed by atoms with E-state index >= 15 is 0 Å². The molecular formula is C15H23N3O3. The third kappa shape index (κ3) is 4.50. The maximum absolute atomic E-state index is 12.2. The lowest BCUT2D eigenvalue weighted by Crippen LogP contribution is -2.50. The molecule has 0 aliphatic carbocycles. The number of amides is 1. The Hall–Kier alpha value is -1.47. The lowest BCUT2D eigenvalue weighted by molar-refractivity contribution is -0.124. The number of carbonyl (C=O) groups is 1. The van der Waals surface area contributed by atoms with Gasteiger partial charge in [0.15, 0.2) is 0 Å². The molecule has 1 saturated heterocycles. The average molecular weight is 293 g/mol. The quantitative estimate of drug-likeness (QED) is 0.720. The average Bonchev–Trinajstić information content (AvgIpc) is 2.47. The van der Waals surface area contributed by atoms with Crippen molar-refractivity contribution in [2.75, 3.05) is 31.6 Å². The maximum Gasteiger partial charge on any atom is 0.238 e. The van der Waals surface area contributed by atoms with E-state index in [0.717, 1.165) is 11.3 Å². The predicted octanol–water partition coefficient (Wildman–Crippen LogP) is 0.165. The van der Waals surface area contributed by atoms with E-state index in [9.17, 15) is 9.90 Å². The number of morpholine rings is 1. The summed E-state index contributed by atoms with van der Waals surface area (Å²) in [5, 5.41) is 12.1. The van der Waals surface area contributed by atoms with Crippen molar-refractivity contribution in [1.29, 1.82) is 0 Å². The molecule has 1 heterocycles. The van der Waals surface area contributed by atoms with Crippen molar-refractivity contribution in [2.45, 2.75) is 25.7 Å². The van der Waals surface area contributed by atoms with Crippen molar-refractivity contribution in [3.05, 3.63) is 29.8 Å². The van der Waals surface area contributed by atoms with Gasteiger partial charge >= 0.3 is 0 Å². The molecule has 2 rings (SSSR count). The molecule has 6 heteroatoms. The molecule has 1 amide bonds. The lowest BCUT2D eigenvalue weighted by Gasteiger charge is -2.35. The van der Waals surface area contributed by atoms with Crippen LogP contribution in [0, 0.1) is 0 Å². The minimum absolute atomic E-state index is 0.0139. The molecule has 1 aliphatic rings. The van der Waals surface area contributed by atoms with Crippen LogP contribution in [-0.2, 0) is 16.1 Å². The standard InChI is InChI=1S/C15H23N3O3/c1-11-7-18(8-13(10-19)21-11)9-15(20)17-14-5-3-2-4-12(14)6-16/h2-5,11,13,19H,6-10,16H2,1H3,(H,17,20). The molecule has 6 nitrogen and oxygen atoms in total. The number of anilines is 1. The molecule has 1 fully saturated rings. The summed E-state index contributed by atoms with van der Waals surface area (Å²) < 4.78 is 5.56. The normalized spacial score (nSPS) is 23.0. The zero-order chi connectivity index (χ0) is 15.2. The number of para-hydroxylation sites is 1. The number of benzene rings is 1. The highest BCUT2D eigenvalue weighted by Crippen LogP contribution is 2.15. The number of hydrogen-bond donors (Lipinski definition) is 3. The molecule has 2 atom stereocenters. The first-order chi connectivity index (χ1) is 10.1. The summed E-state index contributed by atoms with van der Waals surface area (Å²) in [6.45, 7) is 3.82. The fourth-order valence-corrected chi connectivity index (χ4v) is 2.58. The third-order valence-corrected chi connectivity index (χ3v) is 3.48. The van der Waals surface area contributed by atoms with Gasteiger partial charge in [-0.3, -0.25) is 9.69 Å². The van der Waals surface area contributed by atoms with Crippen molar-refractivity contribution in [3.63, 3.8) is 0 Å². The van der Waals surface area contributed by atoms with Gasteiger partial charge in [0.25, 0.3) is 0 Å². The second-order valence-corrected chi connectivity index (χ2v) is 5.35. The van der Waals surface area contributed by atoms with Gasteiger partial charge in [0, 0.05) is 25.3 Å². The highest BCUT2D eigenvalue weighted by Gasteiger charge is 2.26. The van der Waals surface area contributed by atoms with E-state index in [1.54, 1.807) is 0 Å². The first-order valence-corrected chi connectivity index (χ1v) is 7.19. The molecule has 0 bridgehead atoms. The number of nitrogens with one attached hydrogen (secondary N) is 1. The van der Waals surface area contributed by atoms with Gasteiger partial charge < -0.3 is 20.9 Å². The van der Waals surface area contributed by atoms with Crippen LogP contribution in [-0.4, -0.2) is 54.4 Å². The van der Waals surface area contributed by atoms with Gasteiger partial charge in [0.05, 0.1) is 25.4 Å². The number of nitrogens with two attached hydrogens (primary N) is 1. The molecule has 0 saturated carbocycles. The minimum Gasteiger partial charge on any atom is -0.394 e. The summed E-state index contributed by atoms with van der Waals surface area (Å²) in [5.41, 5.74) is 7.33. The predicted molar refractivity (Wildman–Crippen MR) is 80.8 cm³/mol. The topological polar surface area (TPSA) is 87.8 Å². The van der Waals surface area contributed by atoms with Crippen LogP contribution in [0.4, 0.5) is 5.69 Å². The number of ether oxygens (including phenoxy) is 1. The first kappa shape index (κ1) is 15.9. The van der Waals surface area contributed by atoms with Gasteiger partial charge in [0.1, 0.15) is 0 Å². The Kier molecular flexibility index (Phi) is 5.69. The van der Waals surface area contributed by atoms with E-state index < -0.39 is 0 Å². The van der Waals surface area contributed by atoms with E-state index in [0.29, 0.717) is 19.6 Å². The van der Waals surface area contributed by atoms with Crippen molar-refractivity contribution >= 4 is 11.6 Å². The van der Waals surface area contributed by atoms with Gasteiger partial charge in [-0.05, 0) is 18.6 Å². The van der Waals surface area contributed by atoms with Crippen LogP contribution in [0.2, 0.25) is 0 Å². The SMILES string of the molecule is CC1CN(CC(=O)Nc2ccccc2CN)CC(CO)O1. The van der Waals surface area contributed by atoms with Gasteiger partial charge in [-0.25, -0.2) is 0 Å². The van der Waals surface area contributed by atoms with E-state index in [-0.39, 0.29) is 31.3 Å². The zero-order valence-corrected chi connectivity index (χ0v) is 12.3. The largest absolute Gasteiger partial charge is 0.394 e. The summed E-state index contributed by atoms with van der Waals surface area (Å²) in [7, 11) is 0. The van der Waals surface area contributed by atoms with Crippen LogP contribution in [0.1, 0.15) is 12.5 Å². The highest BCUT2D eigenvalue weighted by atomic mass is 16.5. The number of carbonyl (C=O) groups excluding carboxylic acids is 1. The fraction of sp³-hybridized carbons (Fsp3) is 0.533. The number of aliphatic hydroxyl groups excluding tert-OH is 1. The van der Waals surface area contributed by atoms with Crippen LogP contribution in [0.25, 0.3) is 0 Å². The van der Waals surface area contributed by atoms with Crippen molar-refractivity contribution in [1.82, 2.24) is 4.90 Å². The Balaban J connectivity index is 1.92. The Morgan fingerprint density at radius 1 is 1.48 bits per heavy atom. The summed E-state index contributed by atoms with van der Waals surface area (Å²) in [6, 6.07) is 7.51. The maximum atomic E-state index is 12.2. The smallest absolute Gasteiger partial charge is 0.238 e. The summed E-state index contributed by atoms with van der Waals surface area (Å²) in [5.74, 6) is -0.0818. The second kappa shape index (κ2) is 7.51. The number of nitrogens with zero attached hydrogens (tertiary/aromatic N) is 1. The molecule has 116 valence electrons. The molecule has 1 aromatic rings. The molecule has 1 aliphatic heterocycles. The Labute approximate surface area is 124 Å². The van der Waals surface area contributed by atoms with E-state index in [1.165, 1.54) is 0 Å². The molecule has 0 spiro atoms. The van der Waals surface area contributed by atoms with Gasteiger partial charge in [-0.2, -0.15) is 0 Å². The zero-order valence-electron chi connectivity index (χ0n) is 12.3. The molecule has 2 unspecified atom stereocenters. The van der Waals surface area contributed by atoms with Crippen molar-refractivity contribution in [3.8, 4) is 0 Å². The number of hydrogen-bond acceptors (Lipinski definition) is 5. The van der Waals surface area contributed by atoms with Crippen LogP contribution >= 0.6 is 0 Å². The molecule has 0 aromatic heterocycles. The van der Waals surface area contributed by atoms with Crippen LogP contribution in [0.5, 0.6) is 0 Å². The minimum atomic E-state index is -0.224.